The largest absolute Gasteiger partial charge is 0.447 e. The van der Waals surface area contributed by atoms with Gasteiger partial charge in [-0.25, -0.2) is 4.39 Å². The standard InChI is InChI=1S/C19H19FN2O4/c1-13(23)21-12-11-17(24)26-18(14-5-3-2-4-6-14)19(25)22-16-9-7-15(20)8-10-16/h2-10,18H,11-12H2,1H3,(H,21,23)(H,22,25)/t18-/m0/s1. The molecule has 0 bridgehead atoms. The lowest BCUT2D eigenvalue weighted by atomic mass is 10.1. The molecule has 2 amide bonds. The van der Waals surface area contributed by atoms with Crippen LogP contribution in [0.5, 0.6) is 0 Å². The van der Waals surface area contributed by atoms with E-state index in [1.54, 1.807) is 30.3 Å². The van der Waals surface area contributed by atoms with E-state index in [0.29, 0.717) is 11.3 Å². The Labute approximate surface area is 150 Å². The topological polar surface area (TPSA) is 84.5 Å². The van der Waals surface area contributed by atoms with E-state index in [1.807, 2.05) is 0 Å². The van der Waals surface area contributed by atoms with Gasteiger partial charge in [0.2, 0.25) is 12.0 Å². The van der Waals surface area contributed by atoms with Crippen molar-refractivity contribution in [2.45, 2.75) is 19.4 Å². The van der Waals surface area contributed by atoms with Crippen molar-refractivity contribution in [1.29, 1.82) is 0 Å². The highest BCUT2D eigenvalue weighted by atomic mass is 19.1. The van der Waals surface area contributed by atoms with Gasteiger partial charge in [-0.15, -0.1) is 0 Å². The van der Waals surface area contributed by atoms with Gasteiger partial charge in [-0.2, -0.15) is 0 Å². The van der Waals surface area contributed by atoms with Crippen molar-refractivity contribution in [3.63, 3.8) is 0 Å². The average molecular weight is 358 g/mol. The Bertz CT molecular complexity index is 763. The van der Waals surface area contributed by atoms with E-state index < -0.39 is 23.8 Å². The summed E-state index contributed by atoms with van der Waals surface area (Å²) in [7, 11) is 0. The maximum Gasteiger partial charge on any atom is 0.308 e. The van der Waals surface area contributed by atoms with Crippen molar-refractivity contribution < 1.29 is 23.5 Å². The summed E-state index contributed by atoms with van der Waals surface area (Å²) in [6.45, 7) is 1.46. The Morgan fingerprint density at radius 2 is 1.69 bits per heavy atom. The van der Waals surface area contributed by atoms with Crippen molar-refractivity contribution >= 4 is 23.5 Å². The minimum absolute atomic E-state index is 0.0628. The van der Waals surface area contributed by atoms with E-state index >= 15 is 0 Å². The van der Waals surface area contributed by atoms with Gasteiger partial charge in [0.1, 0.15) is 5.82 Å². The van der Waals surface area contributed by atoms with E-state index in [4.69, 9.17) is 4.74 Å². The van der Waals surface area contributed by atoms with Gasteiger partial charge in [0.15, 0.2) is 0 Å². The van der Waals surface area contributed by atoms with E-state index in [9.17, 15) is 18.8 Å². The fourth-order valence-electron chi connectivity index (χ4n) is 2.17. The Kier molecular flexibility index (Phi) is 6.84. The number of hydrogen-bond donors (Lipinski definition) is 2. The number of benzene rings is 2. The molecule has 0 aliphatic heterocycles. The van der Waals surface area contributed by atoms with Crippen LogP contribution in [0.1, 0.15) is 25.0 Å². The molecule has 0 unspecified atom stereocenters. The summed E-state index contributed by atoms with van der Waals surface area (Å²) in [5.74, 6) is -1.86. The molecule has 0 aliphatic rings. The molecule has 6 nitrogen and oxygen atoms in total. The Balaban J connectivity index is 2.08. The minimum atomic E-state index is -1.16. The van der Waals surface area contributed by atoms with Crippen LogP contribution in [0, 0.1) is 5.82 Å². The number of anilines is 1. The molecule has 136 valence electrons. The third-order valence-electron chi connectivity index (χ3n) is 3.40. The SMILES string of the molecule is CC(=O)NCCC(=O)O[C@H](C(=O)Nc1ccc(F)cc1)c1ccccc1. The molecule has 2 aromatic rings. The second-order valence-electron chi connectivity index (χ2n) is 5.51. The number of rotatable bonds is 7. The molecular formula is C19H19FN2O4. The smallest absolute Gasteiger partial charge is 0.308 e. The van der Waals surface area contributed by atoms with Gasteiger partial charge in [-0.3, -0.25) is 14.4 Å². The maximum atomic E-state index is 13.0. The van der Waals surface area contributed by atoms with Gasteiger partial charge < -0.3 is 15.4 Å². The first-order chi connectivity index (χ1) is 12.5. The molecule has 0 saturated carbocycles. The molecule has 0 heterocycles. The first kappa shape index (κ1) is 19.1. The average Bonchev–Trinajstić information content (AvgIpc) is 2.62. The van der Waals surface area contributed by atoms with Crippen LogP contribution in [0.2, 0.25) is 0 Å². The molecule has 2 rings (SSSR count). The Hall–Kier alpha value is -3.22. The highest BCUT2D eigenvalue weighted by Gasteiger charge is 2.25. The van der Waals surface area contributed by atoms with Crippen molar-refractivity contribution in [3.05, 3.63) is 66.0 Å². The van der Waals surface area contributed by atoms with Crippen LogP contribution in [0.4, 0.5) is 10.1 Å². The summed E-state index contributed by atoms with van der Waals surface area (Å²) in [4.78, 5) is 35.4. The number of hydrogen-bond acceptors (Lipinski definition) is 4. The highest BCUT2D eigenvalue weighted by molar-refractivity contribution is 5.96. The van der Waals surface area contributed by atoms with Crippen molar-refractivity contribution in [1.82, 2.24) is 5.32 Å². The summed E-state index contributed by atoms with van der Waals surface area (Å²) in [5, 5.41) is 5.08. The molecular weight excluding hydrogens is 339 g/mol. The van der Waals surface area contributed by atoms with Gasteiger partial charge in [0.05, 0.1) is 6.42 Å². The second-order valence-corrected chi connectivity index (χ2v) is 5.51. The number of esters is 1. The normalized spacial score (nSPS) is 11.3. The van der Waals surface area contributed by atoms with Crippen LogP contribution >= 0.6 is 0 Å². The van der Waals surface area contributed by atoms with E-state index in [1.165, 1.54) is 31.2 Å². The predicted octanol–water partition coefficient (Wildman–Crippen LogP) is 2.57. The summed E-state index contributed by atoms with van der Waals surface area (Å²) in [5.41, 5.74) is 0.881. The van der Waals surface area contributed by atoms with Gasteiger partial charge in [-0.05, 0) is 24.3 Å². The van der Waals surface area contributed by atoms with Crippen molar-refractivity contribution in [2.24, 2.45) is 0 Å². The Morgan fingerprint density at radius 1 is 1.04 bits per heavy atom. The lowest BCUT2D eigenvalue weighted by molar-refractivity contribution is -0.154. The Morgan fingerprint density at radius 3 is 2.31 bits per heavy atom. The quantitative estimate of drug-likeness (QED) is 0.745. The van der Waals surface area contributed by atoms with Crippen LogP contribution in [0.3, 0.4) is 0 Å². The van der Waals surface area contributed by atoms with Crippen LogP contribution in [-0.4, -0.2) is 24.3 Å². The lowest BCUT2D eigenvalue weighted by Gasteiger charge is -2.18. The number of ether oxygens (including phenoxy) is 1. The molecule has 0 saturated heterocycles. The van der Waals surface area contributed by atoms with Crippen LogP contribution < -0.4 is 10.6 Å². The number of carbonyl (C=O) groups is 3. The molecule has 0 aromatic heterocycles. The van der Waals surface area contributed by atoms with Gasteiger partial charge in [0.25, 0.3) is 5.91 Å². The summed E-state index contributed by atoms with van der Waals surface area (Å²) in [6, 6.07) is 13.8. The maximum absolute atomic E-state index is 13.0. The minimum Gasteiger partial charge on any atom is -0.447 e. The zero-order valence-corrected chi connectivity index (χ0v) is 14.2. The van der Waals surface area contributed by atoms with Crippen molar-refractivity contribution in [3.8, 4) is 0 Å². The number of amides is 2. The summed E-state index contributed by atoms with van der Waals surface area (Å²) < 4.78 is 18.3. The van der Waals surface area contributed by atoms with Crippen molar-refractivity contribution in [2.75, 3.05) is 11.9 Å². The van der Waals surface area contributed by atoms with Gasteiger partial charge in [0, 0.05) is 24.7 Å². The fraction of sp³-hybridized carbons (Fsp3) is 0.211. The first-order valence-corrected chi connectivity index (χ1v) is 8.01. The van der Waals surface area contributed by atoms with Gasteiger partial charge in [-0.1, -0.05) is 30.3 Å². The molecule has 0 aliphatic carbocycles. The van der Waals surface area contributed by atoms with Crippen LogP contribution in [-0.2, 0) is 19.1 Å². The zero-order valence-electron chi connectivity index (χ0n) is 14.2. The third-order valence-corrected chi connectivity index (χ3v) is 3.40. The first-order valence-electron chi connectivity index (χ1n) is 8.01. The molecule has 0 radical (unpaired) electrons. The molecule has 2 N–H and O–H groups in total. The van der Waals surface area contributed by atoms with E-state index in [-0.39, 0.29) is 18.9 Å². The molecule has 1 atom stereocenters. The monoisotopic (exact) mass is 358 g/mol. The molecule has 26 heavy (non-hydrogen) atoms. The molecule has 0 spiro atoms. The second kappa shape index (κ2) is 9.31. The van der Waals surface area contributed by atoms with Crippen LogP contribution in [0.25, 0.3) is 0 Å². The molecule has 7 heteroatoms. The third kappa shape index (κ3) is 6.01. The van der Waals surface area contributed by atoms with Crippen LogP contribution in [0.15, 0.2) is 54.6 Å². The lowest BCUT2D eigenvalue weighted by Crippen LogP contribution is -2.28. The predicted molar refractivity (Wildman–Crippen MR) is 93.6 cm³/mol. The highest BCUT2D eigenvalue weighted by Crippen LogP contribution is 2.21. The van der Waals surface area contributed by atoms with E-state index in [0.717, 1.165) is 0 Å². The molecule has 0 fully saturated rings. The fourth-order valence-corrected chi connectivity index (χ4v) is 2.17. The van der Waals surface area contributed by atoms with E-state index in [2.05, 4.69) is 10.6 Å². The zero-order chi connectivity index (χ0) is 18.9. The number of nitrogens with one attached hydrogen (secondary N) is 2. The number of carbonyl (C=O) groups excluding carboxylic acids is 3. The summed E-state index contributed by atoms with van der Waals surface area (Å²) >= 11 is 0. The number of halogens is 1. The molecule has 2 aromatic carbocycles. The summed E-state index contributed by atoms with van der Waals surface area (Å²) in [6.07, 6.45) is -1.22. The van der Waals surface area contributed by atoms with Gasteiger partial charge >= 0.3 is 5.97 Å².